The van der Waals surface area contributed by atoms with Gasteiger partial charge in [0.1, 0.15) is 0 Å². The maximum atomic E-state index is 10.4. The smallest absolute Gasteiger partial charge is 0.303 e. The van der Waals surface area contributed by atoms with Crippen molar-refractivity contribution in [3.63, 3.8) is 0 Å². The first-order valence-electron chi connectivity index (χ1n) is 9.29. The molecule has 126 valence electrons. The van der Waals surface area contributed by atoms with Gasteiger partial charge in [-0.05, 0) is 44.4 Å². The molecule has 0 aromatic heterocycles. The lowest BCUT2D eigenvalue weighted by molar-refractivity contribution is -0.137. The second-order valence-corrected chi connectivity index (χ2v) is 6.57. The predicted molar refractivity (Wildman–Crippen MR) is 94.0 cm³/mol. The highest BCUT2D eigenvalue weighted by Gasteiger charge is 2.17. The largest absolute Gasteiger partial charge is 0.481 e. The number of hydrogen-bond donors (Lipinski definition) is 1. The number of aliphatic carboxylic acids is 1. The zero-order chi connectivity index (χ0) is 16.0. The van der Waals surface area contributed by atoms with Gasteiger partial charge in [-0.25, -0.2) is 0 Å². The van der Waals surface area contributed by atoms with E-state index in [0.29, 0.717) is 0 Å². The molecule has 0 spiro atoms. The van der Waals surface area contributed by atoms with Crippen LogP contribution in [0.1, 0.15) is 90.4 Å². The molecule has 22 heavy (non-hydrogen) atoms. The molecule has 0 bridgehead atoms. The number of hydrogen-bond acceptors (Lipinski definition) is 1. The molecule has 0 aromatic carbocycles. The van der Waals surface area contributed by atoms with Crippen LogP contribution in [-0.4, -0.2) is 11.1 Å². The fourth-order valence-electron chi connectivity index (χ4n) is 3.28. The van der Waals surface area contributed by atoms with E-state index in [-0.39, 0.29) is 6.42 Å². The van der Waals surface area contributed by atoms with Gasteiger partial charge in [-0.1, -0.05) is 69.2 Å². The van der Waals surface area contributed by atoms with Crippen LogP contribution in [0.4, 0.5) is 0 Å². The van der Waals surface area contributed by atoms with Crippen molar-refractivity contribution in [3.8, 4) is 0 Å². The van der Waals surface area contributed by atoms with Crippen LogP contribution in [0, 0.1) is 5.92 Å². The van der Waals surface area contributed by atoms with Crippen molar-refractivity contribution in [2.24, 2.45) is 5.92 Å². The summed E-state index contributed by atoms with van der Waals surface area (Å²) < 4.78 is 0. The van der Waals surface area contributed by atoms with Crippen molar-refractivity contribution in [3.05, 3.63) is 23.8 Å². The first-order chi connectivity index (χ1) is 10.7. The Morgan fingerprint density at radius 1 is 1.18 bits per heavy atom. The van der Waals surface area contributed by atoms with Crippen LogP contribution in [0.25, 0.3) is 0 Å². The molecule has 1 N–H and O–H groups in total. The van der Waals surface area contributed by atoms with Crippen LogP contribution in [0.5, 0.6) is 0 Å². The van der Waals surface area contributed by atoms with Crippen molar-refractivity contribution in [1.82, 2.24) is 0 Å². The molecule has 0 radical (unpaired) electrons. The summed E-state index contributed by atoms with van der Waals surface area (Å²) in [5, 5.41) is 8.59. The van der Waals surface area contributed by atoms with Gasteiger partial charge in [-0.15, -0.1) is 0 Å². The number of carboxylic acid groups (broad SMARTS) is 1. The average Bonchev–Trinajstić information content (AvgIpc) is 2.93. The topological polar surface area (TPSA) is 37.3 Å². The molecule has 0 aliphatic heterocycles. The van der Waals surface area contributed by atoms with Gasteiger partial charge in [0.05, 0.1) is 0 Å². The van der Waals surface area contributed by atoms with Crippen LogP contribution in [-0.2, 0) is 4.79 Å². The zero-order valence-electron chi connectivity index (χ0n) is 14.4. The van der Waals surface area contributed by atoms with E-state index in [1.165, 1.54) is 57.8 Å². The second-order valence-electron chi connectivity index (χ2n) is 6.57. The summed E-state index contributed by atoms with van der Waals surface area (Å²) in [5.74, 6) is 0.126. The highest BCUT2D eigenvalue weighted by molar-refractivity contribution is 5.66. The maximum absolute atomic E-state index is 10.4. The molecule has 1 rings (SSSR count). The SMILES string of the molecule is CCCCCCCC[C@H]1CCC=C1CC=CCCCC(=O)O. The van der Waals surface area contributed by atoms with Gasteiger partial charge in [0.25, 0.3) is 0 Å². The molecule has 1 aliphatic carbocycles. The lowest BCUT2D eigenvalue weighted by Crippen LogP contribution is -1.99. The minimum Gasteiger partial charge on any atom is -0.481 e. The van der Waals surface area contributed by atoms with Gasteiger partial charge < -0.3 is 5.11 Å². The van der Waals surface area contributed by atoms with Crippen LogP contribution in [0.2, 0.25) is 0 Å². The molecule has 0 heterocycles. The number of carboxylic acids is 1. The molecule has 0 fully saturated rings. The summed E-state index contributed by atoms with van der Waals surface area (Å²) >= 11 is 0. The molecule has 1 aliphatic rings. The fraction of sp³-hybridized carbons (Fsp3) is 0.750. The Balaban J connectivity index is 2.09. The van der Waals surface area contributed by atoms with Crippen molar-refractivity contribution in [2.75, 3.05) is 0 Å². The summed E-state index contributed by atoms with van der Waals surface area (Å²) in [5.41, 5.74) is 1.63. The van der Waals surface area contributed by atoms with E-state index in [2.05, 4.69) is 25.2 Å². The van der Waals surface area contributed by atoms with Crippen molar-refractivity contribution >= 4 is 5.97 Å². The summed E-state index contributed by atoms with van der Waals surface area (Å²) in [6.45, 7) is 2.27. The molecule has 0 saturated heterocycles. The van der Waals surface area contributed by atoms with Gasteiger partial charge in [0, 0.05) is 6.42 Å². The molecular formula is C20H34O2. The Morgan fingerprint density at radius 2 is 1.95 bits per heavy atom. The Labute approximate surface area is 136 Å². The van der Waals surface area contributed by atoms with E-state index >= 15 is 0 Å². The van der Waals surface area contributed by atoms with Crippen LogP contribution < -0.4 is 0 Å². The Bertz CT molecular complexity index is 355. The van der Waals surface area contributed by atoms with Crippen molar-refractivity contribution < 1.29 is 9.90 Å². The third-order valence-electron chi connectivity index (χ3n) is 4.63. The lowest BCUT2D eigenvalue weighted by Gasteiger charge is -2.13. The molecule has 0 aromatic rings. The predicted octanol–water partition coefficient (Wildman–Crippen LogP) is 6.27. The average molecular weight is 306 g/mol. The number of rotatable bonds is 13. The molecule has 0 unspecified atom stereocenters. The Morgan fingerprint density at radius 3 is 2.73 bits per heavy atom. The highest BCUT2D eigenvalue weighted by atomic mass is 16.4. The van der Waals surface area contributed by atoms with Gasteiger partial charge in [0.15, 0.2) is 0 Å². The van der Waals surface area contributed by atoms with Crippen LogP contribution >= 0.6 is 0 Å². The van der Waals surface area contributed by atoms with E-state index in [4.69, 9.17) is 5.11 Å². The lowest BCUT2D eigenvalue weighted by atomic mass is 9.92. The van der Waals surface area contributed by atoms with E-state index in [1.807, 2.05) is 0 Å². The van der Waals surface area contributed by atoms with E-state index in [0.717, 1.165) is 25.2 Å². The minimum absolute atomic E-state index is 0.285. The van der Waals surface area contributed by atoms with Gasteiger partial charge in [0.2, 0.25) is 0 Å². The third-order valence-corrected chi connectivity index (χ3v) is 4.63. The van der Waals surface area contributed by atoms with Gasteiger partial charge in [-0.2, -0.15) is 0 Å². The Hall–Kier alpha value is -1.05. The molecule has 1 atom stereocenters. The third kappa shape index (κ3) is 9.07. The highest BCUT2D eigenvalue weighted by Crippen LogP contribution is 2.32. The second kappa shape index (κ2) is 12.5. The maximum Gasteiger partial charge on any atom is 0.303 e. The van der Waals surface area contributed by atoms with E-state index in [1.54, 1.807) is 5.57 Å². The monoisotopic (exact) mass is 306 g/mol. The zero-order valence-corrected chi connectivity index (χ0v) is 14.4. The normalized spacial score (nSPS) is 18.0. The fourth-order valence-corrected chi connectivity index (χ4v) is 3.28. The summed E-state index contributed by atoms with van der Waals surface area (Å²) in [6, 6.07) is 0. The van der Waals surface area contributed by atoms with Crippen molar-refractivity contribution in [2.45, 2.75) is 90.4 Å². The van der Waals surface area contributed by atoms with Crippen LogP contribution in [0.3, 0.4) is 0 Å². The van der Waals surface area contributed by atoms with Crippen molar-refractivity contribution in [1.29, 1.82) is 0 Å². The van der Waals surface area contributed by atoms with E-state index < -0.39 is 5.97 Å². The molecule has 0 amide bonds. The number of carbonyl (C=O) groups is 1. The van der Waals surface area contributed by atoms with Gasteiger partial charge in [-0.3, -0.25) is 4.79 Å². The van der Waals surface area contributed by atoms with E-state index in [9.17, 15) is 4.79 Å². The molecule has 0 saturated carbocycles. The first-order valence-corrected chi connectivity index (χ1v) is 9.29. The summed E-state index contributed by atoms with van der Waals surface area (Å²) in [7, 11) is 0. The molecule has 2 nitrogen and oxygen atoms in total. The standard InChI is InChI=1S/C20H34O2/c1-2-3-4-5-6-9-13-18-15-12-16-19(18)14-10-7-8-11-17-20(21)22/h7,10,16,18H,2-6,8-9,11-15,17H2,1H3,(H,21,22)/t18-/m0/s1. The molecule has 2 heteroatoms. The molecular weight excluding hydrogens is 272 g/mol. The number of unbranched alkanes of at least 4 members (excludes halogenated alkanes) is 6. The van der Waals surface area contributed by atoms with Gasteiger partial charge >= 0.3 is 5.97 Å². The van der Waals surface area contributed by atoms with Crippen LogP contribution in [0.15, 0.2) is 23.8 Å². The first kappa shape index (κ1) is 19.0. The quantitative estimate of drug-likeness (QED) is 0.321. The minimum atomic E-state index is -0.689. The summed E-state index contributed by atoms with van der Waals surface area (Å²) in [4.78, 5) is 10.4. The number of allylic oxidation sites excluding steroid dienone is 4. The summed E-state index contributed by atoms with van der Waals surface area (Å²) in [6.07, 6.45) is 22.1. The Kier molecular flexibility index (Phi) is 10.8.